The van der Waals surface area contributed by atoms with Gasteiger partial charge in [0.25, 0.3) is 5.69 Å². The SMILES string of the molecule is CC(Nc1ccc([N+](=O)[O-])cn1)c1nnc2n1CCCC2. The van der Waals surface area contributed by atoms with Crippen molar-refractivity contribution in [2.75, 3.05) is 5.32 Å². The van der Waals surface area contributed by atoms with Gasteiger partial charge in [0.2, 0.25) is 0 Å². The molecule has 0 saturated carbocycles. The van der Waals surface area contributed by atoms with Crippen LogP contribution in [0.3, 0.4) is 0 Å². The van der Waals surface area contributed by atoms with E-state index in [1.54, 1.807) is 6.07 Å². The van der Waals surface area contributed by atoms with E-state index >= 15 is 0 Å². The van der Waals surface area contributed by atoms with Gasteiger partial charge in [0.1, 0.15) is 17.8 Å². The fraction of sp³-hybridized carbons (Fsp3) is 0.462. The van der Waals surface area contributed by atoms with E-state index in [0.717, 1.165) is 37.5 Å². The van der Waals surface area contributed by atoms with E-state index in [9.17, 15) is 10.1 Å². The van der Waals surface area contributed by atoms with Crippen LogP contribution in [0.5, 0.6) is 0 Å². The first kappa shape index (κ1) is 13.5. The second kappa shape index (κ2) is 5.47. The topological polar surface area (TPSA) is 98.8 Å². The van der Waals surface area contributed by atoms with Crippen LogP contribution >= 0.6 is 0 Å². The van der Waals surface area contributed by atoms with Gasteiger partial charge < -0.3 is 9.88 Å². The van der Waals surface area contributed by atoms with E-state index < -0.39 is 4.92 Å². The Morgan fingerprint density at radius 1 is 1.38 bits per heavy atom. The van der Waals surface area contributed by atoms with Crippen LogP contribution in [0.4, 0.5) is 11.5 Å². The summed E-state index contributed by atoms with van der Waals surface area (Å²) in [5, 5.41) is 22.3. The first-order valence-corrected chi connectivity index (χ1v) is 6.94. The fourth-order valence-corrected chi connectivity index (χ4v) is 2.52. The lowest BCUT2D eigenvalue weighted by Gasteiger charge is -2.19. The molecule has 0 radical (unpaired) electrons. The zero-order valence-electron chi connectivity index (χ0n) is 11.7. The van der Waals surface area contributed by atoms with Crippen molar-refractivity contribution >= 4 is 11.5 Å². The number of pyridine rings is 1. The Balaban J connectivity index is 1.75. The maximum atomic E-state index is 10.6. The summed E-state index contributed by atoms with van der Waals surface area (Å²) in [6.45, 7) is 2.92. The van der Waals surface area contributed by atoms with Crippen molar-refractivity contribution in [2.24, 2.45) is 0 Å². The lowest BCUT2D eigenvalue weighted by molar-refractivity contribution is -0.385. The van der Waals surface area contributed by atoms with Gasteiger partial charge in [-0.3, -0.25) is 10.1 Å². The summed E-state index contributed by atoms with van der Waals surface area (Å²) < 4.78 is 2.15. The number of nitro groups is 1. The molecule has 8 heteroatoms. The van der Waals surface area contributed by atoms with E-state index in [-0.39, 0.29) is 11.7 Å². The van der Waals surface area contributed by atoms with Crippen LogP contribution in [0.15, 0.2) is 18.3 Å². The quantitative estimate of drug-likeness (QED) is 0.683. The number of nitrogens with one attached hydrogen (secondary N) is 1. The second-order valence-corrected chi connectivity index (χ2v) is 5.11. The molecule has 1 aliphatic rings. The van der Waals surface area contributed by atoms with Crippen LogP contribution in [0.2, 0.25) is 0 Å². The van der Waals surface area contributed by atoms with Gasteiger partial charge in [-0.1, -0.05) is 0 Å². The van der Waals surface area contributed by atoms with Gasteiger partial charge in [-0.25, -0.2) is 4.98 Å². The van der Waals surface area contributed by atoms with E-state index in [1.165, 1.54) is 12.3 Å². The molecule has 1 unspecified atom stereocenters. The van der Waals surface area contributed by atoms with Crippen LogP contribution in [-0.2, 0) is 13.0 Å². The summed E-state index contributed by atoms with van der Waals surface area (Å²) in [4.78, 5) is 14.2. The Morgan fingerprint density at radius 3 is 2.95 bits per heavy atom. The smallest absolute Gasteiger partial charge is 0.287 e. The van der Waals surface area contributed by atoms with E-state index in [4.69, 9.17) is 0 Å². The van der Waals surface area contributed by atoms with Crippen molar-refractivity contribution in [2.45, 2.75) is 38.8 Å². The maximum Gasteiger partial charge on any atom is 0.287 e. The molecule has 0 aliphatic carbocycles. The number of aromatic nitrogens is 4. The lowest BCUT2D eigenvalue weighted by Crippen LogP contribution is -2.18. The third-order valence-corrected chi connectivity index (χ3v) is 3.60. The molecule has 0 aromatic carbocycles. The minimum Gasteiger partial charge on any atom is -0.360 e. The molecule has 3 heterocycles. The van der Waals surface area contributed by atoms with Gasteiger partial charge >= 0.3 is 0 Å². The minimum atomic E-state index is -0.463. The highest BCUT2D eigenvalue weighted by atomic mass is 16.6. The number of rotatable bonds is 4. The average molecular weight is 288 g/mol. The van der Waals surface area contributed by atoms with E-state index in [2.05, 4.69) is 25.1 Å². The highest BCUT2D eigenvalue weighted by molar-refractivity contribution is 5.41. The van der Waals surface area contributed by atoms with E-state index in [0.29, 0.717) is 5.82 Å². The molecular weight excluding hydrogens is 272 g/mol. The molecule has 21 heavy (non-hydrogen) atoms. The van der Waals surface area contributed by atoms with E-state index in [1.807, 2.05) is 6.92 Å². The first-order valence-electron chi connectivity index (χ1n) is 6.94. The molecule has 2 aromatic rings. The Bertz CT molecular complexity index is 651. The summed E-state index contributed by atoms with van der Waals surface area (Å²) in [5.41, 5.74) is -0.0203. The number of hydrogen-bond acceptors (Lipinski definition) is 6. The Kier molecular flexibility index (Phi) is 3.51. The number of hydrogen-bond donors (Lipinski definition) is 1. The Hall–Kier alpha value is -2.51. The predicted octanol–water partition coefficient (Wildman–Crippen LogP) is 2.09. The molecule has 3 rings (SSSR count). The van der Waals surface area contributed by atoms with Gasteiger partial charge in [0.05, 0.1) is 11.0 Å². The predicted molar refractivity (Wildman–Crippen MR) is 75.9 cm³/mol. The highest BCUT2D eigenvalue weighted by Crippen LogP contribution is 2.22. The zero-order valence-corrected chi connectivity index (χ0v) is 11.7. The van der Waals surface area contributed by atoms with Crippen molar-refractivity contribution in [1.29, 1.82) is 0 Å². The Morgan fingerprint density at radius 2 is 2.24 bits per heavy atom. The van der Waals surface area contributed by atoms with Crippen LogP contribution in [0.25, 0.3) is 0 Å². The fourth-order valence-electron chi connectivity index (χ4n) is 2.52. The molecule has 0 amide bonds. The first-order chi connectivity index (χ1) is 10.1. The standard InChI is InChI=1S/C13H16N6O2/c1-9(13-17-16-12-4-2-3-7-18(12)13)15-11-6-5-10(8-14-11)19(20)21/h5-6,8-9H,2-4,7H2,1H3,(H,14,15). The molecule has 0 spiro atoms. The van der Waals surface area contributed by atoms with Gasteiger partial charge in [-0.05, 0) is 25.8 Å². The van der Waals surface area contributed by atoms with Gasteiger partial charge in [-0.15, -0.1) is 10.2 Å². The van der Waals surface area contributed by atoms with Crippen molar-refractivity contribution in [3.8, 4) is 0 Å². The molecule has 1 aliphatic heterocycles. The summed E-state index contributed by atoms with van der Waals surface area (Å²) in [6.07, 6.45) is 4.51. The summed E-state index contributed by atoms with van der Waals surface area (Å²) >= 11 is 0. The van der Waals surface area contributed by atoms with Crippen LogP contribution in [0, 0.1) is 10.1 Å². The average Bonchev–Trinajstić information content (AvgIpc) is 2.92. The molecule has 0 bridgehead atoms. The zero-order chi connectivity index (χ0) is 14.8. The van der Waals surface area contributed by atoms with Gasteiger partial charge in [0, 0.05) is 19.0 Å². The van der Waals surface area contributed by atoms with Crippen molar-refractivity contribution in [3.63, 3.8) is 0 Å². The monoisotopic (exact) mass is 288 g/mol. The molecule has 110 valence electrons. The molecule has 1 N–H and O–H groups in total. The van der Waals surface area contributed by atoms with Crippen LogP contribution in [-0.4, -0.2) is 24.7 Å². The molecule has 0 saturated heterocycles. The third kappa shape index (κ3) is 2.69. The molecule has 2 aromatic heterocycles. The van der Waals surface area contributed by atoms with Crippen molar-refractivity contribution in [1.82, 2.24) is 19.7 Å². The number of fused-ring (bicyclic) bond motifs is 1. The van der Waals surface area contributed by atoms with Crippen LogP contribution < -0.4 is 5.32 Å². The van der Waals surface area contributed by atoms with Gasteiger partial charge in [0.15, 0.2) is 5.82 Å². The third-order valence-electron chi connectivity index (χ3n) is 3.60. The molecule has 8 nitrogen and oxygen atoms in total. The number of anilines is 1. The van der Waals surface area contributed by atoms with Crippen molar-refractivity contribution < 1.29 is 4.92 Å². The normalized spacial score (nSPS) is 15.3. The Labute approximate surface area is 121 Å². The minimum absolute atomic E-state index is 0.0203. The van der Waals surface area contributed by atoms with Crippen LogP contribution in [0.1, 0.15) is 37.5 Å². The van der Waals surface area contributed by atoms with Gasteiger partial charge in [-0.2, -0.15) is 0 Å². The molecular formula is C13H16N6O2. The molecule has 0 fully saturated rings. The summed E-state index contributed by atoms with van der Waals surface area (Å²) in [6, 6.07) is 2.97. The highest BCUT2D eigenvalue weighted by Gasteiger charge is 2.20. The summed E-state index contributed by atoms with van der Waals surface area (Å²) in [5.74, 6) is 2.49. The number of aryl methyl sites for hydroxylation is 1. The molecule has 1 atom stereocenters. The second-order valence-electron chi connectivity index (χ2n) is 5.11. The number of nitrogens with zero attached hydrogens (tertiary/aromatic N) is 5. The lowest BCUT2D eigenvalue weighted by atomic mass is 10.1. The van der Waals surface area contributed by atoms with Crippen molar-refractivity contribution in [3.05, 3.63) is 40.1 Å². The largest absolute Gasteiger partial charge is 0.360 e. The summed E-state index contributed by atoms with van der Waals surface area (Å²) in [7, 11) is 0. The maximum absolute atomic E-state index is 10.6.